The van der Waals surface area contributed by atoms with Gasteiger partial charge in [0.25, 0.3) is 0 Å². The summed E-state index contributed by atoms with van der Waals surface area (Å²) >= 11 is 1.20. The van der Waals surface area contributed by atoms with E-state index < -0.39 is 5.25 Å². The van der Waals surface area contributed by atoms with Crippen molar-refractivity contribution in [3.63, 3.8) is 0 Å². The molecular weight excluding hydrogens is 362 g/mol. The molecule has 1 saturated heterocycles. The number of amidine groups is 1. The lowest BCUT2D eigenvalue weighted by atomic mass is 9.99. The van der Waals surface area contributed by atoms with E-state index >= 15 is 0 Å². The Kier molecular flexibility index (Phi) is 5.71. The van der Waals surface area contributed by atoms with E-state index in [1.165, 1.54) is 18.0 Å². The number of phenolic OH excluding ortho intramolecular Hbond substituents is 1. The fourth-order valence-electron chi connectivity index (χ4n) is 2.61. The van der Waals surface area contributed by atoms with Crippen LogP contribution in [0.2, 0.25) is 0 Å². The predicted octanol–water partition coefficient (Wildman–Crippen LogP) is 3.20. The van der Waals surface area contributed by atoms with Crippen LogP contribution >= 0.6 is 11.8 Å². The Balaban J connectivity index is 1.64. The SMILES string of the molecule is Cc1ccc(C)c(C(=O)CC2S/C(=N\N=C\c3ccc(O)cc3)NC2=O)c1. The first-order valence-electron chi connectivity index (χ1n) is 8.40. The van der Waals surface area contributed by atoms with Gasteiger partial charge in [0.05, 0.1) is 11.5 Å². The molecule has 0 saturated carbocycles. The van der Waals surface area contributed by atoms with Gasteiger partial charge in [0.2, 0.25) is 5.91 Å². The Labute approximate surface area is 161 Å². The number of carbonyl (C=O) groups is 2. The van der Waals surface area contributed by atoms with Crippen LogP contribution in [0.5, 0.6) is 5.75 Å². The van der Waals surface area contributed by atoms with Gasteiger partial charge < -0.3 is 10.4 Å². The molecule has 0 aliphatic carbocycles. The first-order chi connectivity index (χ1) is 12.9. The van der Waals surface area contributed by atoms with Gasteiger partial charge in [0.1, 0.15) is 5.75 Å². The molecule has 2 aromatic carbocycles. The van der Waals surface area contributed by atoms with Gasteiger partial charge in [0, 0.05) is 12.0 Å². The number of carbonyl (C=O) groups excluding carboxylic acids is 2. The summed E-state index contributed by atoms with van der Waals surface area (Å²) in [5, 5.41) is 19.7. The molecule has 27 heavy (non-hydrogen) atoms. The largest absolute Gasteiger partial charge is 0.508 e. The highest BCUT2D eigenvalue weighted by Crippen LogP contribution is 2.25. The molecule has 6 nitrogen and oxygen atoms in total. The highest BCUT2D eigenvalue weighted by atomic mass is 32.2. The number of benzene rings is 2. The van der Waals surface area contributed by atoms with Crippen molar-refractivity contribution in [3.05, 3.63) is 64.7 Å². The van der Waals surface area contributed by atoms with Gasteiger partial charge in [-0.2, -0.15) is 5.10 Å². The maximum atomic E-state index is 12.6. The van der Waals surface area contributed by atoms with E-state index in [9.17, 15) is 14.7 Å². The van der Waals surface area contributed by atoms with Crippen LogP contribution in [0.4, 0.5) is 0 Å². The molecule has 0 bridgehead atoms. The fourth-order valence-corrected chi connectivity index (χ4v) is 3.53. The van der Waals surface area contributed by atoms with E-state index in [1.807, 2.05) is 32.0 Å². The van der Waals surface area contributed by atoms with Crippen LogP contribution in [0, 0.1) is 13.8 Å². The molecule has 2 aromatic rings. The number of hydrogen-bond acceptors (Lipinski definition) is 6. The summed E-state index contributed by atoms with van der Waals surface area (Å²) in [5.41, 5.74) is 3.34. The number of thioether (sulfide) groups is 1. The zero-order valence-corrected chi connectivity index (χ0v) is 15.8. The van der Waals surface area contributed by atoms with Crippen LogP contribution in [0.25, 0.3) is 0 Å². The summed E-state index contributed by atoms with van der Waals surface area (Å²) in [4.78, 5) is 24.7. The maximum absolute atomic E-state index is 12.6. The number of ketones is 1. The van der Waals surface area contributed by atoms with Crippen LogP contribution in [0.1, 0.15) is 33.5 Å². The molecule has 1 fully saturated rings. The monoisotopic (exact) mass is 381 g/mol. The first-order valence-corrected chi connectivity index (χ1v) is 9.28. The Morgan fingerprint density at radius 3 is 2.70 bits per heavy atom. The van der Waals surface area contributed by atoms with Crippen molar-refractivity contribution in [2.24, 2.45) is 10.2 Å². The topological polar surface area (TPSA) is 91.1 Å². The predicted molar refractivity (Wildman–Crippen MR) is 108 cm³/mol. The van der Waals surface area contributed by atoms with Crippen molar-refractivity contribution < 1.29 is 14.7 Å². The van der Waals surface area contributed by atoms with Crippen molar-refractivity contribution in [3.8, 4) is 5.75 Å². The third-order valence-corrected chi connectivity index (χ3v) is 5.16. The number of amides is 1. The van der Waals surface area contributed by atoms with Crippen LogP contribution in [-0.2, 0) is 4.79 Å². The van der Waals surface area contributed by atoms with E-state index in [-0.39, 0.29) is 23.9 Å². The third kappa shape index (κ3) is 4.83. The van der Waals surface area contributed by atoms with E-state index in [1.54, 1.807) is 24.3 Å². The zero-order chi connectivity index (χ0) is 19.4. The van der Waals surface area contributed by atoms with Crippen LogP contribution in [0.15, 0.2) is 52.7 Å². The highest BCUT2D eigenvalue weighted by Gasteiger charge is 2.32. The number of aryl methyl sites for hydroxylation is 2. The lowest BCUT2D eigenvalue weighted by Gasteiger charge is -2.08. The second kappa shape index (κ2) is 8.18. The second-order valence-electron chi connectivity index (χ2n) is 6.28. The summed E-state index contributed by atoms with van der Waals surface area (Å²) in [6, 6.07) is 12.2. The number of aromatic hydroxyl groups is 1. The highest BCUT2D eigenvalue weighted by molar-refractivity contribution is 8.15. The molecule has 138 valence electrons. The van der Waals surface area contributed by atoms with Gasteiger partial charge in [-0.3, -0.25) is 9.59 Å². The molecule has 1 atom stereocenters. The van der Waals surface area contributed by atoms with E-state index in [4.69, 9.17) is 0 Å². The molecule has 1 aliphatic heterocycles. The second-order valence-corrected chi connectivity index (χ2v) is 7.47. The fraction of sp³-hybridized carbons (Fsp3) is 0.200. The van der Waals surface area contributed by atoms with Crippen molar-refractivity contribution in [1.82, 2.24) is 5.32 Å². The average molecular weight is 381 g/mol. The lowest BCUT2D eigenvalue weighted by molar-refractivity contribution is -0.118. The van der Waals surface area contributed by atoms with Crippen molar-refractivity contribution in [2.45, 2.75) is 25.5 Å². The maximum Gasteiger partial charge on any atom is 0.240 e. The lowest BCUT2D eigenvalue weighted by Crippen LogP contribution is -2.26. The zero-order valence-electron chi connectivity index (χ0n) is 15.0. The van der Waals surface area contributed by atoms with Crippen molar-refractivity contribution in [1.29, 1.82) is 0 Å². The Hall–Kier alpha value is -2.93. The minimum atomic E-state index is -0.514. The molecule has 1 heterocycles. The van der Waals surface area contributed by atoms with Gasteiger partial charge in [-0.15, -0.1) is 5.10 Å². The molecule has 1 aliphatic rings. The standard InChI is InChI=1S/C20H19N3O3S/c1-12-3-4-13(2)16(9-12)17(25)10-18-19(26)22-20(27-18)23-21-11-14-5-7-15(24)8-6-14/h3-9,11,18,24H,10H2,1-2H3,(H,22,23,26)/b21-11+. The minimum Gasteiger partial charge on any atom is -0.508 e. The average Bonchev–Trinajstić information content (AvgIpc) is 2.98. The number of nitrogens with zero attached hydrogens (tertiary/aromatic N) is 2. The summed E-state index contributed by atoms with van der Waals surface area (Å²) in [6.07, 6.45) is 1.63. The van der Waals surface area contributed by atoms with Crippen LogP contribution in [0.3, 0.4) is 0 Å². The number of rotatable bonds is 5. The van der Waals surface area contributed by atoms with E-state index in [0.29, 0.717) is 10.7 Å². The molecule has 0 spiro atoms. The van der Waals surface area contributed by atoms with Gasteiger partial charge in [-0.05, 0) is 55.3 Å². The van der Waals surface area contributed by atoms with Gasteiger partial charge in [0.15, 0.2) is 11.0 Å². The normalized spacial score (nSPS) is 18.2. The van der Waals surface area contributed by atoms with Crippen molar-refractivity contribution in [2.75, 3.05) is 0 Å². The smallest absolute Gasteiger partial charge is 0.240 e. The Morgan fingerprint density at radius 1 is 1.22 bits per heavy atom. The summed E-state index contributed by atoms with van der Waals surface area (Å²) in [6.45, 7) is 3.82. The summed E-state index contributed by atoms with van der Waals surface area (Å²) in [7, 11) is 0. The Morgan fingerprint density at radius 2 is 1.96 bits per heavy atom. The molecule has 1 unspecified atom stereocenters. The Bertz CT molecular complexity index is 936. The van der Waals surface area contributed by atoms with E-state index in [2.05, 4.69) is 15.5 Å². The van der Waals surface area contributed by atoms with Crippen molar-refractivity contribution >= 4 is 34.8 Å². The van der Waals surface area contributed by atoms with E-state index in [0.717, 1.165) is 16.7 Å². The van der Waals surface area contributed by atoms with Crippen LogP contribution in [-0.4, -0.2) is 33.4 Å². The number of phenols is 1. The third-order valence-electron chi connectivity index (χ3n) is 4.09. The van der Waals surface area contributed by atoms with Gasteiger partial charge >= 0.3 is 0 Å². The number of nitrogens with one attached hydrogen (secondary N) is 1. The van der Waals surface area contributed by atoms with Crippen LogP contribution < -0.4 is 5.32 Å². The molecular formula is C20H19N3O3S. The number of hydrogen-bond donors (Lipinski definition) is 2. The van der Waals surface area contributed by atoms with Gasteiger partial charge in [-0.1, -0.05) is 29.5 Å². The summed E-state index contributed by atoms with van der Waals surface area (Å²) < 4.78 is 0. The quantitative estimate of drug-likeness (QED) is 0.473. The first kappa shape index (κ1) is 18.8. The minimum absolute atomic E-state index is 0.0577. The number of Topliss-reactive ketones (excluding diaryl/α,β-unsaturated/α-hetero) is 1. The molecule has 7 heteroatoms. The molecule has 2 N–H and O–H groups in total. The molecule has 0 aromatic heterocycles. The summed E-state index contributed by atoms with van der Waals surface area (Å²) in [5.74, 6) is -0.122. The van der Waals surface area contributed by atoms with Gasteiger partial charge in [-0.25, -0.2) is 0 Å². The molecule has 1 amide bonds. The molecule has 0 radical (unpaired) electrons. The molecule has 3 rings (SSSR count).